The van der Waals surface area contributed by atoms with Gasteiger partial charge in [-0.1, -0.05) is 19.9 Å². The van der Waals surface area contributed by atoms with Crippen molar-refractivity contribution >= 4 is 23.5 Å². The highest BCUT2D eigenvalue weighted by atomic mass is 32.2. The van der Waals surface area contributed by atoms with E-state index in [9.17, 15) is 9.90 Å². The Morgan fingerprint density at radius 2 is 1.65 bits per heavy atom. The lowest BCUT2D eigenvalue weighted by Crippen LogP contribution is -2.42. The van der Waals surface area contributed by atoms with Crippen LogP contribution in [0.4, 0.5) is 5.69 Å². The Balaban J connectivity index is 0.000000535. The highest BCUT2D eigenvalue weighted by molar-refractivity contribution is 8.00. The number of aryl methyl sites for hydroxylation is 3. The minimum absolute atomic E-state index is 0.139. The molecule has 0 fully saturated rings. The molecule has 1 heterocycles. The molecular formula is C25H34N2O3S. The summed E-state index contributed by atoms with van der Waals surface area (Å²) in [7, 11) is 0. The van der Waals surface area contributed by atoms with Crippen molar-refractivity contribution in [1.82, 2.24) is 0 Å². The molecule has 1 aromatic heterocycles. The number of fused-ring (bicyclic) bond motifs is 3. The fraction of sp³-hybridized carbons (Fsp3) is 0.560. The SMILES string of the molecule is CC(N)=O.CC1(C)CCc2oc(SNc3c4c(cc5c3CCC5)CCC4)cc2C1(C)O. The second-order valence-electron chi connectivity index (χ2n) is 9.91. The van der Waals surface area contributed by atoms with Gasteiger partial charge >= 0.3 is 0 Å². The van der Waals surface area contributed by atoms with Crippen molar-refractivity contribution in [3.63, 3.8) is 0 Å². The van der Waals surface area contributed by atoms with Crippen molar-refractivity contribution in [2.75, 3.05) is 4.72 Å². The van der Waals surface area contributed by atoms with Crippen molar-refractivity contribution in [2.24, 2.45) is 11.1 Å². The average Bonchev–Trinajstić information content (AvgIpc) is 3.41. The van der Waals surface area contributed by atoms with Crippen molar-refractivity contribution in [3.05, 3.63) is 45.7 Å². The highest BCUT2D eigenvalue weighted by Gasteiger charge is 2.46. The molecule has 0 saturated heterocycles. The fourth-order valence-electron chi connectivity index (χ4n) is 5.13. The Labute approximate surface area is 189 Å². The van der Waals surface area contributed by atoms with Crippen LogP contribution in [0.15, 0.2) is 21.6 Å². The number of hydrogen-bond acceptors (Lipinski definition) is 5. The molecule has 0 spiro atoms. The van der Waals surface area contributed by atoms with Crippen LogP contribution in [0.25, 0.3) is 0 Å². The number of nitrogens with one attached hydrogen (secondary N) is 1. The number of nitrogens with two attached hydrogens (primary N) is 1. The number of benzene rings is 1. The first kappa shape index (κ1) is 22.3. The largest absolute Gasteiger partial charge is 0.453 e. The van der Waals surface area contributed by atoms with Crippen LogP contribution in [0, 0.1) is 5.41 Å². The van der Waals surface area contributed by atoms with Gasteiger partial charge in [0, 0.05) is 30.9 Å². The van der Waals surface area contributed by atoms with E-state index in [1.807, 2.05) is 6.92 Å². The maximum atomic E-state index is 11.1. The van der Waals surface area contributed by atoms with Crippen molar-refractivity contribution in [2.45, 2.75) is 89.8 Å². The monoisotopic (exact) mass is 442 g/mol. The number of anilines is 1. The topological polar surface area (TPSA) is 88.5 Å². The van der Waals surface area contributed by atoms with Crippen LogP contribution in [0.2, 0.25) is 0 Å². The van der Waals surface area contributed by atoms with Gasteiger partial charge in [0.05, 0.1) is 11.3 Å². The molecule has 1 aromatic carbocycles. The molecule has 1 unspecified atom stereocenters. The fourth-order valence-corrected chi connectivity index (χ4v) is 5.90. The summed E-state index contributed by atoms with van der Waals surface area (Å²) in [6.45, 7) is 7.52. The molecule has 2 aromatic rings. The van der Waals surface area contributed by atoms with Gasteiger partial charge in [0.2, 0.25) is 5.91 Å². The molecular weight excluding hydrogens is 408 g/mol. The minimum atomic E-state index is -0.849. The van der Waals surface area contributed by atoms with E-state index < -0.39 is 5.60 Å². The van der Waals surface area contributed by atoms with E-state index in [2.05, 4.69) is 36.4 Å². The molecule has 6 heteroatoms. The second kappa shape index (κ2) is 8.21. The molecule has 1 atom stereocenters. The highest BCUT2D eigenvalue weighted by Crippen LogP contribution is 2.50. The zero-order chi connectivity index (χ0) is 22.4. The van der Waals surface area contributed by atoms with Crippen LogP contribution in [0.5, 0.6) is 0 Å². The van der Waals surface area contributed by atoms with Gasteiger partial charge in [-0.05, 0) is 85.6 Å². The number of aliphatic hydroxyl groups is 1. The Kier molecular flexibility index (Phi) is 5.90. The quantitative estimate of drug-likeness (QED) is 0.579. The number of hydrogen-bond donors (Lipinski definition) is 3. The molecule has 3 aliphatic rings. The molecule has 0 bridgehead atoms. The van der Waals surface area contributed by atoms with E-state index in [1.165, 1.54) is 62.3 Å². The molecule has 5 rings (SSSR count). The van der Waals surface area contributed by atoms with Crippen molar-refractivity contribution < 1.29 is 14.3 Å². The summed E-state index contributed by atoms with van der Waals surface area (Å²) in [5, 5.41) is 12.0. The first-order valence-corrected chi connectivity index (χ1v) is 12.1. The maximum absolute atomic E-state index is 11.1. The lowest BCUT2D eigenvalue weighted by molar-refractivity contribution is -0.115. The molecule has 0 aliphatic heterocycles. The Hall–Kier alpha value is -1.92. The summed E-state index contributed by atoms with van der Waals surface area (Å²) in [6.07, 6.45) is 9.18. The lowest BCUT2D eigenvalue weighted by Gasteiger charge is -2.43. The first-order valence-electron chi connectivity index (χ1n) is 11.3. The maximum Gasteiger partial charge on any atom is 0.214 e. The Morgan fingerprint density at radius 3 is 2.23 bits per heavy atom. The van der Waals surface area contributed by atoms with Crippen LogP contribution < -0.4 is 10.5 Å². The Morgan fingerprint density at radius 1 is 1.06 bits per heavy atom. The van der Waals surface area contributed by atoms with Crippen LogP contribution in [0.1, 0.15) is 80.5 Å². The standard InChI is InChI=1S/C23H29NO2S.C2H5NO/c1-22(2)11-10-19-18(23(22,3)25)13-20(26-19)27-24-21-16-8-4-6-14(16)12-15-7-5-9-17(15)21;1-2(3)4/h12-13,24-25H,4-11H2,1-3H3;1H3,(H2,3,4). The molecule has 5 nitrogen and oxygen atoms in total. The number of furan rings is 1. The lowest BCUT2D eigenvalue weighted by atomic mass is 9.65. The summed E-state index contributed by atoms with van der Waals surface area (Å²) in [6, 6.07) is 4.52. The predicted molar refractivity (Wildman–Crippen MR) is 125 cm³/mol. The second-order valence-corrected chi connectivity index (χ2v) is 10.7. The van der Waals surface area contributed by atoms with Gasteiger partial charge in [0.1, 0.15) is 5.76 Å². The summed E-state index contributed by atoms with van der Waals surface area (Å²) in [5.41, 5.74) is 11.9. The van der Waals surface area contributed by atoms with Crippen LogP contribution in [-0.2, 0) is 42.5 Å². The molecule has 1 amide bonds. The van der Waals surface area contributed by atoms with Crippen LogP contribution >= 0.6 is 11.9 Å². The summed E-state index contributed by atoms with van der Waals surface area (Å²) in [5.74, 6) is 0.618. The number of rotatable bonds is 3. The van der Waals surface area contributed by atoms with Gasteiger partial charge in [-0.2, -0.15) is 0 Å². The minimum Gasteiger partial charge on any atom is -0.453 e. The first-order chi connectivity index (χ1) is 14.6. The van der Waals surface area contributed by atoms with E-state index in [0.717, 1.165) is 29.3 Å². The molecule has 3 aliphatic carbocycles. The number of amides is 1. The predicted octanol–water partition coefficient (Wildman–Crippen LogP) is 5.05. The summed E-state index contributed by atoms with van der Waals surface area (Å²) < 4.78 is 9.80. The van der Waals surface area contributed by atoms with E-state index in [-0.39, 0.29) is 11.3 Å². The molecule has 0 radical (unpaired) electrons. The van der Waals surface area contributed by atoms with Gasteiger partial charge in [0.25, 0.3) is 0 Å². The van der Waals surface area contributed by atoms with Crippen molar-refractivity contribution in [1.29, 1.82) is 0 Å². The smallest absolute Gasteiger partial charge is 0.214 e. The molecule has 168 valence electrons. The molecule has 0 saturated carbocycles. The van der Waals surface area contributed by atoms with E-state index in [4.69, 9.17) is 4.42 Å². The van der Waals surface area contributed by atoms with Gasteiger partial charge in [-0.25, -0.2) is 0 Å². The van der Waals surface area contributed by atoms with Crippen LogP contribution in [-0.4, -0.2) is 11.0 Å². The van der Waals surface area contributed by atoms with Gasteiger partial charge < -0.3 is 20.0 Å². The van der Waals surface area contributed by atoms with Gasteiger partial charge in [-0.15, -0.1) is 0 Å². The average molecular weight is 443 g/mol. The summed E-state index contributed by atoms with van der Waals surface area (Å²) >= 11 is 1.57. The zero-order valence-corrected chi connectivity index (χ0v) is 19.9. The third kappa shape index (κ3) is 4.12. The van der Waals surface area contributed by atoms with Crippen molar-refractivity contribution in [3.8, 4) is 0 Å². The normalized spacial score (nSPS) is 22.7. The van der Waals surface area contributed by atoms with Gasteiger partial charge in [-0.3, -0.25) is 4.79 Å². The third-order valence-electron chi connectivity index (χ3n) is 7.33. The third-order valence-corrected chi connectivity index (χ3v) is 8.04. The molecule has 4 N–H and O–H groups in total. The zero-order valence-electron chi connectivity index (χ0n) is 19.1. The van der Waals surface area contributed by atoms with Crippen LogP contribution in [0.3, 0.4) is 0 Å². The molecule has 31 heavy (non-hydrogen) atoms. The number of primary amides is 1. The summed E-state index contributed by atoms with van der Waals surface area (Å²) in [4.78, 5) is 9.22. The van der Waals surface area contributed by atoms with E-state index in [0.29, 0.717) is 0 Å². The Bertz CT molecular complexity index is 970. The van der Waals surface area contributed by atoms with E-state index in [1.54, 1.807) is 23.1 Å². The number of carbonyl (C=O) groups is 1. The van der Waals surface area contributed by atoms with E-state index >= 15 is 0 Å². The van der Waals surface area contributed by atoms with Gasteiger partial charge in [0.15, 0.2) is 5.09 Å². The number of carbonyl (C=O) groups excluding carboxylic acids is 1.